The molecule has 0 saturated carbocycles. The average Bonchev–Trinajstić information content (AvgIpc) is 2.24. The van der Waals surface area contributed by atoms with Crippen molar-refractivity contribution in [3.63, 3.8) is 0 Å². The summed E-state index contributed by atoms with van der Waals surface area (Å²) in [4.78, 5) is 4.54. The van der Waals surface area contributed by atoms with E-state index in [1.165, 1.54) is 0 Å². The van der Waals surface area contributed by atoms with Crippen LogP contribution in [0.5, 0.6) is 5.88 Å². The largest absolute Gasteiger partial charge is 0.475 e. The van der Waals surface area contributed by atoms with Crippen molar-refractivity contribution in [3.05, 3.63) is 23.9 Å². The fraction of sp³-hybridized carbons (Fsp3) is 0.688. The Kier molecular flexibility index (Phi) is 5.80. The summed E-state index contributed by atoms with van der Waals surface area (Å²) in [6, 6.07) is 5.96. The molecule has 1 heterocycles. The van der Waals surface area contributed by atoms with Gasteiger partial charge in [0, 0.05) is 18.2 Å². The van der Waals surface area contributed by atoms with Crippen molar-refractivity contribution in [2.75, 3.05) is 0 Å². The third kappa shape index (κ3) is 7.16. The molecule has 19 heavy (non-hydrogen) atoms. The van der Waals surface area contributed by atoms with Gasteiger partial charge in [-0.2, -0.15) is 0 Å². The monoisotopic (exact) mass is 264 g/mol. The van der Waals surface area contributed by atoms with E-state index in [0.29, 0.717) is 5.92 Å². The van der Waals surface area contributed by atoms with Gasteiger partial charge in [0.2, 0.25) is 5.88 Å². The van der Waals surface area contributed by atoms with Crippen LogP contribution in [-0.4, -0.2) is 16.6 Å². The van der Waals surface area contributed by atoms with Crippen LogP contribution in [0.4, 0.5) is 0 Å². The second kappa shape index (κ2) is 6.90. The summed E-state index contributed by atoms with van der Waals surface area (Å²) in [5.41, 5.74) is 1.12. The third-order valence-electron chi connectivity index (χ3n) is 2.71. The molecule has 0 aliphatic heterocycles. The van der Waals surface area contributed by atoms with Crippen LogP contribution in [0.3, 0.4) is 0 Å². The van der Waals surface area contributed by atoms with E-state index in [1.807, 2.05) is 18.2 Å². The Morgan fingerprint density at radius 1 is 1.21 bits per heavy atom. The summed E-state index contributed by atoms with van der Waals surface area (Å²) in [5.74, 6) is 1.36. The number of hydrogen-bond acceptors (Lipinski definition) is 3. The molecular formula is C16H28N2O. The molecule has 0 bridgehead atoms. The lowest BCUT2D eigenvalue weighted by molar-refractivity contribution is 0.185. The molecule has 1 atom stereocenters. The van der Waals surface area contributed by atoms with Crippen LogP contribution in [0.15, 0.2) is 18.2 Å². The van der Waals surface area contributed by atoms with Crippen LogP contribution in [0.25, 0.3) is 0 Å². The molecule has 0 radical (unpaired) electrons. The molecule has 1 aromatic heterocycles. The molecule has 0 amide bonds. The minimum absolute atomic E-state index is 0.101. The van der Waals surface area contributed by atoms with E-state index in [-0.39, 0.29) is 11.6 Å². The Hall–Kier alpha value is -1.09. The predicted molar refractivity (Wildman–Crippen MR) is 80.4 cm³/mol. The molecule has 0 aromatic carbocycles. The maximum Gasteiger partial charge on any atom is 0.213 e. The lowest BCUT2D eigenvalue weighted by Crippen LogP contribution is -2.35. The molecule has 1 N–H and O–H groups in total. The van der Waals surface area contributed by atoms with Crippen molar-refractivity contribution >= 4 is 0 Å². The second-order valence-corrected chi connectivity index (χ2v) is 6.63. The zero-order chi connectivity index (χ0) is 14.5. The van der Waals surface area contributed by atoms with Gasteiger partial charge >= 0.3 is 0 Å². The van der Waals surface area contributed by atoms with E-state index in [2.05, 4.69) is 51.8 Å². The summed E-state index contributed by atoms with van der Waals surface area (Å²) in [6.07, 6.45) is 1.25. The SMILES string of the molecule is CC(C)CC(C)Oc1cccc(CNC(C)(C)C)n1. The normalized spacial score (nSPS) is 13.6. The Morgan fingerprint density at radius 2 is 1.89 bits per heavy atom. The second-order valence-electron chi connectivity index (χ2n) is 6.63. The third-order valence-corrected chi connectivity index (χ3v) is 2.71. The first-order valence-electron chi connectivity index (χ1n) is 7.14. The molecule has 0 aliphatic carbocycles. The number of nitrogens with one attached hydrogen (secondary N) is 1. The first-order valence-corrected chi connectivity index (χ1v) is 7.14. The molecule has 1 unspecified atom stereocenters. The maximum atomic E-state index is 5.86. The van der Waals surface area contributed by atoms with E-state index >= 15 is 0 Å². The van der Waals surface area contributed by atoms with E-state index < -0.39 is 0 Å². The van der Waals surface area contributed by atoms with Crippen LogP contribution in [0.2, 0.25) is 0 Å². The van der Waals surface area contributed by atoms with Crippen molar-refractivity contribution in [1.29, 1.82) is 0 Å². The molecule has 1 aromatic rings. The van der Waals surface area contributed by atoms with E-state index in [0.717, 1.165) is 24.5 Å². The highest BCUT2D eigenvalue weighted by Gasteiger charge is 2.10. The van der Waals surface area contributed by atoms with E-state index in [4.69, 9.17) is 4.74 Å². The highest BCUT2D eigenvalue weighted by Crippen LogP contribution is 2.14. The van der Waals surface area contributed by atoms with Crippen LogP contribution in [-0.2, 0) is 6.54 Å². The van der Waals surface area contributed by atoms with Crippen LogP contribution < -0.4 is 10.1 Å². The van der Waals surface area contributed by atoms with Crippen molar-refractivity contribution in [1.82, 2.24) is 10.3 Å². The minimum atomic E-state index is 0.101. The summed E-state index contributed by atoms with van der Waals surface area (Å²) in [5, 5.41) is 3.43. The van der Waals surface area contributed by atoms with Gasteiger partial charge in [0.05, 0.1) is 11.8 Å². The molecule has 1 rings (SSSR count). The molecular weight excluding hydrogens is 236 g/mol. The molecule has 0 spiro atoms. The van der Waals surface area contributed by atoms with Gasteiger partial charge < -0.3 is 10.1 Å². The predicted octanol–water partition coefficient (Wildman–Crippen LogP) is 3.78. The zero-order valence-electron chi connectivity index (χ0n) is 13.2. The van der Waals surface area contributed by atoms with Gasteiger partial charge in [-0.1, -0.05) is 19.9 Å². The number of ether oxygens (including phenoxy) is 1. The highest BCUT2D eigenvalue weighted by molar-refractivity contribution is 5.16. The van der Waals surface area contributed by atoms with Gasteiger partial charge in [0.1, 0.15) is 0 Å². The molecule has 3 nitrogen and oxygen atoms in total. The van der Waals surface area contributed by atoms with Crippen LogP contribution >= 0.6 is 0 Å². The minimum Gasteiger partial charge on any atom is -0.475 e. The number of rotatable bonds is 6. The summed E-state index contributed by atoms with van der Waals surface area (Å²) in [6.45, 7) is 13.7. The van der Waals surface area contributed by atoms with Gasteiger partial charge in [0.15, 0.2) is 0 Å². The van der Waals surface area contributed by atoms with Crippen molar-refractivity contribution in [2.24, 2.45) is 5.92 Å². The number of hydrogen-bond donors (Lipinski definition) is 1. The first-order chi connectivity index (χ1) is 8.76. The van der Waals surface area contributed by atoms with Crippen molar-refractivity contribution in [3.8, 4) is 5.88 Å². The van der Waals surface area contributed by atoms with Crippen molar-refractivity contribution < 1.29 is 4.74 Å². The van der Waals surface area contributed by atoms with Gasteiger partial charge in [0.25, 0.3) is 0 Å². The fourth-order valence-electron chi connectivity index (χ4n) is 1.90. The number of pyridine rings is 1. The Morgan fingerprint density at radius 3 is 2.47 bits per heavy atom. The van der Waals surface area contributed by atoms with Crippen LogP contribution in [0.1, 0.15) is 53.7 Å². The molecule has 0 saturated heterocycles. The van der Waals surface area contributed by atoms with E-state index in [1.54, 1.807) is 0 Å². The fourth-order valence-corrected chi connectivity index (χ4v) is 1.90. The molecule has 3 heteroatoms. The maximum absolute atomic E-state index is 5.86. The summed E-state index contributed by atoms with van der Waals surface area (Å²) < 4.78 is 5.86. The number of nitrogens with zero attached hydrogens (tertiary/aromatic N) is 1. The lowest BCUT2D eigenvalue weighted by atomic mass is 10.1. The summed E-state index contributed by atoms with van der Waals surface area (Å²) >= 11 is 0. The standard InChI is InChI=1S/C16H28N2O/c1-12(2)10-13(3)19-15-9-7-8-14(18-15)11-17-16(4,5)6/h7-9,12-13,17H,10-11H2,1-6H3. The van der Waals surface area contributed by atoms with E-state index in [9.17, 15) is 0 Å². The van der Waals surface area contributed by atoms with Gasteiger partial charge in [-0.15, -0.1) is 0 Å². The quantitative estimate of drug-likeness (QED) is 0.849. The Bertz CT molecular complexity index is 383. The molecule has 0 fully saturated rings. The topological polar surface area (TPSA) is 34.1 Å². The van der Waals surface area contributed by atoms with Gasteiger partial charge in [-0.25, -0.2) is 4.98 Å². The first kappa shape index (κ1) is 16.0. The van der Waals surface area contributed by atoms with Crippen LogP contribution in [0, 0.1) is 5.92 Å². The van der Waals surface area contributed by atoms with Crippen molar-refractivity contribution in [2.45, 2.75) is 66.2 Å². The average molecular weight is 264 g/mol. The highest BCUT2D eigenvalue weighted by atomic mass is 16.5. The number of aromatic nitrogens is 1. The Labute approximate surface area is 117 Å². The molecule has 0 aliphatic rings. The zero-order valence-corrected chi connectivity index (χ0v) is 13.2. The van der Waals surface area contributed by atoms with Gasteiger partial charge in [-0.05, 0) is 46.1 Å². The molecule has 108 valence electrons. The van der Waals surface area contributed by atoms with Gasteiger partial charge in [-0.3, -0.25) is 0 Å². The lowest BCUT2D eigenvalue weighted by Gasteiger charge is -2.20. The smallest absolute Gasteiger partial charge is 0.213 e. The summed E-state index contributed by atoms with van der Waals surface area (Å²) in [7, 11) is 0. The Balaban J connectivity index is 2.57.